The summed E-state index contributed by atoms with van der Waals surface area (Å²) in [6.07, 6.45) is -0.594. The Morgan fingerprint density at radius 1 is 1.19 bits per heavy atom. The predicted molar refractivity (Wildman–Crippen MR) is 105 cm³/mol. The third-order valence-corrected chi connectivity index (χ3v) is 7.08. The molecule has 1 heterocycles. The number of nitrogens with two attached hydrogens (primary N) is 1. The maximum absolute atomic E-state index is 14.7. The number of halogens is 4. The van der Waals surface area contributed by atoms with Crippen molar-refractivity contribution in [3.8, 4) is 0 Å². The van der Waals surface area contributed by atoms with Crippen molar-refractivity contribution in [2.45, 2.75) is 35.9 Å². The Morgan fingerprint density at radius 3 is 2.41 bits per heavy atom. The summed E-state index contributed by atoms with van der Waals surface area (Å²) in [6, 6.07) is 3.47. The van der Waals surface area contributed by atoms with E-state index < -0.39 is 73.9 Å². The van der Waals surface area contributed by atoms with E-state index in [1.165, 1.54) is 12.1 Å². The molecule has 4 rings (SSSR count). The summed E-state index contributed by atoms with van der Waals surface area (Å²) in [7, 11) is -4.23. The van der Waals surface area contributed by atoms with Crippen LogP contribution in [0.4, 0.5) is 23.2 Å². The van der Waals surface area contributed by atoms with E-state index in [0.29, 0.717) is 11.6 Å². The van der Waals surface area contributed by atoms with Gasteiger partial charge in [-0.3, -0.25) is 9.59 Å². The topological polar surface area (TPSA) is 110 Å². The highest BCUT2D eigenvalue weighted by molar-refractivity contribution is 7.91. The molecule has 0 bridgehead atoms. The standard InChI is InChI=1S/C20H17F4N3O4S/c21-11-3-1-10(2-4-11)8-27-15-5-12(18(28)26-17-7-20(17,23)24)13(22)6-16(15)32(30,31)9-14(25)19(27)29/h1-6,14,17H,7-9,25H2,(H,26,28)/t14-,17?/m0/s1. The molecule has 0 saturated heterocycles. The van der Waals surface area contributed by atoms with Crippen LogP contribution in [0, 0.1) is 11.6 Å². The summed E-state index contributed by atoms with van der Waals surface area (Å²) in [6.45, 7) is -0.247. The number of alkyl halides is 2. The van der Waals surface area contributed by atoms with Gasteiger partial charge in [-0.05, 0) is 29.8 Å². The van der Waals surface area contributed by atoms with Gasteiger partial charge in [0.15, 0.2) is 9.84 Å². The van der Waals surface area contributed by atoms with Crippen molar-refractivity contribution in [3.63, 3.8) is 0 Å². The lowest BCUT2D eigenvalue weighted by Gasteiger charge is -2.25. The van der Waals surface area contributed by atoms with E-state index in [9.17, 15) is 35.6 Å². The van der Waals surface area contributed by atoms with Crippen LogP contribution < -0.4 is 16.0 Å². The molecular weight excluding hydrogens is 454 g/mol. The van der Waals surface area contributed by atoms with Crippen molar-refractivity contribution < 1.29 is 35.6 Å². The van der Waals surface area contributed by atoms with Crippen molar-refractivity contribution in [1.82, 2.24) is 5.32 Å². The van der Waals surface area contributed by atoms with Gasteiger partial charge in [-0.2, -0.15) is 0 Å². The van der Waals surface area contributed by atoms with Gasteiger partial charge in [0.2, 0.25) is 5.91 Å². The quantitative estimate of drug-likeness (QED) is 0.661. The van der Waals surface area contributed by atoms with Crippen LogP contribution >= 0.6 is 0 Å². The van der Waals surface area contributed by atoms with Crippen molar-refractivity contribution >= 4 is 27.3 Å². The number of rotatable bonds is 4. The fourth-order valence-electron chi connectivity index (χ4n) is 3.44. The molecule has 1 fully saturated rings. The molecule has 2 aliphatic rings. The molecule has 32 heavy (non-hydrogen) atoms. The fourth-order valence-corrected chi connectivity index (χ4v) is 5.00. The van der Waals surface area contributed by atoms with Crippen LogP contribution in [0.15, 0.2) is 41.3 Å². The first-order chi connectivity index (χ1) is 14.9. The van der Waals surface area contributed by atoms with Gasteiger partial charge in [0, 0.05) is 6.42 Å². The molecule has 0 spiro atoms. The lowest BCUT2D eigenvalue weighted by Crippen LogP contribution is -2.45. The second-order valence-corrected chi connectivity index (χ2v) is 9.73. The summed E-state index contributed by atoms with van der Waals surface area (Å²) >= 11 is 0. The molecule has 0 radical (unpaired) electrons. The maximum atomic E-state index is 14.7. The Balaban J connectivity index is 1.80. The van der Waals surface area contributed by atoms with E-state index in [2.05, 4.69) is 0 Å². The summed E-state index contributed by atoms with van der Waals surface area (Å²) in [4.78, 5) is 25.7. The van der Waals surface area contributed by atoms with Crippen molar-refractivity contribution in [3.05, 3.63) is 59.2 Å². The van der Waals surface area contributed by atoms with Gasteiger partial charge in [0.25, 0.3) is 11.8 Å². The highest BCUT2D eigenvalue weighted by atomic mass is 32.2. The summed E-state index contributed by atoms with van der Waals surface area (Å²) in [5.74, 6) is -7.67. The number of sulfone groups is 1. The first kappa shape index (κ1) is 22.2. The third kappa shape index (κ3) is 4.07. The average molecular weight is 471 g/mol. The molecule has 2 aromatic rings. The van der Waals surface area contributed by atoms with Crippen LogP contribution in [0.5, 0.6) is 0 Å². The van der Waals surface area contributed by atoms with Crippen LogP contribution in [0.25, 0.3) is 0 Å². The molecule has 0 aromatic heterocycles. The van der Waals surface area contributed by atoms with Gasteiger partial charge in [0.05, 0.1) is 40.5 Å². The number of carbonyl (C=O) groups excluding carboxylic acids is 2. The van der Waals surface area contributed by atoms with Crippen LogP contribution in [-0.4, -0.2) is 44.0 Å². The van der Waals surface area contributed by atoms with Crippen molar-refractivity contribution in [2.24, 2.45) is 5.73 Å². The Bertz CT molecular complexity index is 1220. The number of benzene rings is 2. The number of anilines is 1. The zero-order chi connectivity index (χ0) is 23.4. The Hall–Kier alpha value is -2.99. The minimum absolute atomic E-state index is 0.247. The van der Waals surface area contributed by atoms with E-state index in [-0.39, 0.29) is 12.2 Å². The molecule has 170 valence electrons. The second-order valence-electron chi connectivity index (χ2n) is 7.73. The van der Waals surface area contributed by atoms with Gasteiger partial charge in [-0.1, -0.05) is 12.1 Å². The third-order valence-electron chi connectivity index (χ3n) is 5.29. The van der Waals surface area contributed by atoms with Gasteiger partial charge >= 0.3 is 0 Å². The molecule has 1 aliphatic carbocycles. The van der Waals surface area contributed by atoms with Gasteiger partial charge < -0.3 is 16.0 Å². The number of fused-ring (bicyclic) bond motifs is 1. The van der Waals surface area contributed by atoms with Crippen molar-refractivity contribution in [2.75, 3.05) is 10.7 Å². The van der Waals surface area contributed by atoms with Gasteiger partial charge in [0.1, 0.15) is 11.6 Å². The summed E-state index contributed by atoms with van der Waals surface area (Å²) < 4.78 is 79.7. The summed E-state index contributed by atoms with van der Waals surface area (Å²) in [5, 5.41) is 1.99. The molecule has 2 atom stereocenters. The molecule has 2 aromatic carbocycles. The van der Waals surface area contributed by atoms with E-state index in [1.54, 1.807) is 0 Å². The first-order valence-corrected chi connectivity index (χ1v) is 11.1. The fraction of sp³-hybridized carbons (Fsp3) is 0.300. The van der Waals surface area contributed by atoms with Crippen LogP contribution in [0.2, 0.25) is 0 Å². The number of nitrogens with zero attached hydrogens (tertiary/aromatic N) is 1. The molecule has 1 saturated carbocycles. The lowest BCUT2D eigenvalue weighted by atomic mass is 10.1. The molecule has 3 N–H and O–H groups in total. The highest BCUT2D eigenvalue weighted by Gasteiger charge is 2.58. The zero-order valence-electron chi connectivity index (χ0n) is 16.3. The smallest absolute Gasteiger partial charge is 0.270 e. The van der Waals surface area contributed by atoms with E-state index in [4.69, 9.17) is 5.73 Å². The van der Waals surface area contributed by atoms with Crippen LogP contribution in [0.1, 0.15) is 22.3 Å². The monoisotopic (exact) mass is 471 g/mol. The SMILES string of the molecule is N[C@H]1CS(=O)(=O)c2cc(F)c(C(=O)NC3CC3(F)F)cc2N(Cc2ccc(F)cc2)C1=O. The minimum Gasteiger partial charge on any atom is -0.343 e. The number of amides is 2. The molecular formula is C20H17F4N3O4S. The van der Waals surface area contributed by atoms with Crippen molar-refractivity contribution in [1.29, 1.82) is 0 Å². The second kappa shape index (κ2) is 7.55. The molecule has 1 unspecified atom stereocenters. The van der Waals surface area contributed by atoms with Gasteiger partial charge in [-0.25, -0.2) is 26.0 Å². The number of nitrogens with one attached hydrogen (secondary N) is 1. The first-order valence-electron chi connectivity index (χ1n) is 9.45. The molecule has 2 amide bonds. The number of hydrogen-bond acceptors (Lipinski definition) is 5. The van der Waals surface area contributed by atoms with E-state index >= 15 is 0 Å². The summed E-state index contributed by atoms with van der Waals surface area (Å²) in [5.41, 5.74) is 5.14. The lowest BCUT2D eigenvalue weighted by molar-refractivity contribution is -0.119. The maximum Gasteiger partial charge on any atom is 0.270 e. The molecule has 12 heteroatoms. The van der Waals surface area contributed by atoms with Gasteiger partial charge in [-0.15, -0.1) is 0 Å². The highest BCUT2D eigenvalue weighted by Crippen LogP contribution is 2.42. The number of carbonyl (C=O) groups is 2. The van der Waals surface area contributed by atoms with E-state index in [1.807, 2.05) is 5.32 Å². The van der Waals surface area contributed by atoms with Crippen LogP contribution in [-0.2, 0) is 21.2 Å². The predicted octanol–water partition coefficient (Wildman–Crippen LogP) is 1.75. The largest absolute Gasteiger partial charge is 0.343 e. The zero-order valence-corrected chi connectivity index (χ0v) is 17.1. The Kier molecular flexibility index (Phi) is 5.24. The minimum atomic E-state index is -4.23. The number of hydrogen-bond donors (Lipinski definition) is 2. The molecule has 7 nitrogen and oxygen atoms in total. The van der Waals surface area contributed by atoms with Crippen LogP contribution in [0.3, 0.4) is 0 Å². The Labute approximate surface area is 180 Å². The average Bonchev–Trinajstić information content (AvgIpc) is 3.32. The molecule has 1 aliphatic heterocycles. The van der Waals surface area contributed by atoms with E-state index in [0.717, 1.165) is 23.1 Å². The Morgan fingerprint density at radius 2 is 1.81 bits per heavy atom. The normalized spacial score (nSPS) is 23.3.